The molecule has 0 aromatic heterocycles. The number of carbonyl (C=O) groups is 1. The van der Waals surface area contributed by atoms with E-state index in [9.17, 15) is 4.79 Å². The molecule has 124 valence electrons. The zero-order valence-electron chi connectivity index (χ0n) is 12.9. The molecular weight excluding hydrogens is 309 g/mol. The van der Waals surface area contributed by atoms with Gasteiger partial charge in [-0.1, -0.05) is 6.92 Å². The number of nitrogens with zero attached hydrogens (tertiary/aromatic N) is 1. The summed E-state index contributed by atoms with van der Waals surface area (Å²) >= 11 is 0. The Morgan fingerprint density at radius 1 is 1.29 bits per heavy atom. The first kappa shape index (κ1) is 19.0. The second kappa shape index (κ2) is 8.00. The van der Waals surface area contributed by atoms with Crippen LogP contribution in [0, 0.1) is 11.3 Å². The molecule has 3 fully saturated rings. The van der Waals surface area contributed by atoms with Crippen molar-refractivity contribution in [2.75, 3.05) is 32.7 Å². The molecule has 0 aromatic rings. The summed E-state index contributed by atoms with van der Waals surface area (Å²) in [4.78, 5) is 14.7. The molecule has 3 rings (SSSR count). The number of nitrogens with one attached hydrogen (secondary N) is 2. The van der Waals surface area contributed by atoms with Gasteiger partial charge in [-0.15, -0.1) is 24.8 Å². The molecule has 1 unspecified atom stereocenters. The van der Waals surface area contributed by atoms with Gasteiger partial charge in [0.25, 0.3) is 0 Å². The van der Waals surface area contributed by atoms with Gasteiger partial charge in [0, 0.05) is 25.0 Å². The van der Waals surface area contributed by atoms with E-state index in [0.29, 0.717) is 17.2 Å². The van der Waals surface area contributed by atoms with Gasteiger partial charge in [-0.05, 0) is 57.2 Å². The smallest absolute Gasteiger partial charge is 0.223 e. The van der Waals surface area contributed by atoms with Gasteiger partial charge < -0.3 is 10.6 Å². The molecule has 2 aliphatic carbocycles. The van der Waals surface area contributed by atoms with Crippen molar-refractivity contribution < 1.29 is 4.79 Å². The van der Waals surface area contributed by atoms with Crippen LogP contribution in [0.3, 0.4) is 0 Å². The third-order valence-electron chi connectivity index (χ3n) is 5.27. The Labute approximate surface area is 140 Å². The van der Waals surface area contributed by atoms with Gasteiger partial charge in [0.15, 0.2) is 0 Å². The first-order valence-electron chi connectivity index (χ1n) is 7.98. The Bertz CT molecular complexity index is 344. The van der Waals surface area contributed by atoms with Crippen LogP contribution in [0.15, 0.2) is 0 Å². The molecule has 1 spiro atoms. The van der Waals surface area contributed by atoms with Gasteiger partial charge in [0.05, 0.1) is 0 Å². The minimum atomic E-state index is 0. The minimum absolute atomic E-state index is 0. The Morgan fingerprint density at radius 3 is 2.52 bits per heavy atom. The fourth-order valence-corrected chi connectivity index (χ4v) is 3.68. The normalized spacial score (nSPS) is 25.9. The summed E-state index contributed by atoms with van der Waals surface area (Å²) in [6.45, 7) is 7.36. The largest absolute Gasteiger partial charge is 0.355 e. The van der Waals surface area contributed by atoms with Crippen molar-refractivity contribution in [2.45, 2.75) is 45.1 Å². The van der Waals surface area contributed by atoms with Crippen LogP contribution >= 0.6 is 24.8 Å². The molecule has 4 nitrogen and oxygen atoms in total. The molecule has 0 radical (unpaired) electrons. The van der Waals surface area contributed by atoms with Crippen LogP contribution in [0.1, 0.15) is 39.0 Å². The highest BCUT2D eigenvalue weighted by atomic mass is 35.5. The number of piperidine rings is 1. The van der Waals surface area contributed by atoms with E-state index in [2.05, 4.69) is 22.5 Å². The average molecular weight is 338 g/mol. The number of hydrogen-bond acceptors (Lipinski definition) is 3. The fraction of sp³-hybridized carbons (Fsp3) is 0.933. The monoisotopic (exact) mass is 337 g/mol. The van der Waals surface area contributed by atoms with Crippen LogP contribution in [0.5, 0.6) is 0 Å². The van der Waals surface area contributed by atoms with Gasteiger partial charge in [-0.25, -0.2) is 0 Å². The molecule has 1 amide bonds. The highest BCUT2D eigenvalue weighted by Gasteiger charge is 2.57. The van der Waals surface area contributed by atoms with E-state index in [1.54, 1.807) is 0 Å². The summed E-state index contributed by atoms with van der Waals surface area (Å²) < 4.78 is 0. The number of hydrogen-bond donors (Lipinski definition) is 2. The highest BCUT2D eigenvalue weighted by Crippen LogP contribution is 2.58. The predicted molar refractivity (Wildman–Crippen MR) is 90.4 cm³/mol. The van der Waals surface area contributed by atoms with E-state index in [0.717, 1.165) is 45.2 Å². The van der Waals surface area contributed by atoms with E-state index in [1.807, 2.05) is 0 Å². The summed E-state index contributed by atoms with van der Waals surface area (Å²) in [6.07, 6.45) is 6.20. The third kappa shape index (κ3) is 4.47. The third-order valence-corrected chi connectivity index (χ3v) is 5.27. The Morgan fingerprint density at radius 2 is 1.95 bits per heavy atom. The summed E-state index contributed by atoms with van der Waals surface area (Å²) in [5, 5.41) is 6.55. The van der Waals surface area contributed by atoms with Crippen LogP contribution in [-0.4, -0.2) is 49.6 Å². The van der Waals surface area contributed by atoms with Crippen molar-refractivity contribution in [3.8, 4) is 0 Å². The summed E-state index contributed by atoms with van der Waals surface area (Å²) in [5.41, 5.74) is 0.371. The Balaban J connectivity index is 0.00000110. The van der Waals surface area contributed by atoms with Gasteiger partial charge in [-0.3, -0.25) is 9.69 Å². The molecule has 1 atom stereocenters. The Kier molecular flexibility index (Phi) is 7.25. The molecule has 3 aliphatic rings. The van der Waals surface area contributed by atoms with E-state index < -0.39 is 0 Å². The number of amides is 1. The van der Waals surface area contributed by atoms with Gasteiger partial charge in [0.2, 0.25) is 5.91 Å². The van der Waals surface area contributed by atoms with Gasteiger partial charge in [-0.2, -0.15) is 0 Å². The predicted octanol–water partition coefficient (Wildman–Crippen LogP) is 1.82. The highest BCUT2D eigenvalue weighted by molar-refractivity contribution is 5.85. The standard InChI is InChI=1S/C15H27N3O.2ClH/c1-2-18(12-3-4-12)10-9-17-14(19)13-11-15(13)5-7-16-8-6-15;;/h12-13,16H,2-11H2,1H3,(H,17,19);2*1H. The zero-order chi connectivity index (χ0) is 13.3. The topological polar surface area (TPSA) is 44.4 Å². The van der Waals surface area contributed by atoms with Crippen LogP contribution in [0.2, 0.25) is 0 Å². The lowest BCUT2D eigenvalue weighted by Gasteiger charge is -2.23. The van der Waals surface area contributed by atoms with Crippen LogP contribution in [0.4, 0.5) is 0 Å². The fourth-order valence-electron chi connectivity index (χ4n) is 3.68. The lowest BCUT2D eigenvalue weighted by Crippen LogP contribution is -2.38. The molecule has 0 aromatic carbocycles. The van der Waals surface area contributed by atoms with Crippen molar-refractivity contribution in [3.63, 3.8) is 0 Å². The molecule has 2 N–H and O–H groups in total. The number of halogens is 2. The maximum Gasteiger partial charge on any atom is 0.223 e. The first-order chi connectivity index (χ1) is 9.25. The maximum atomic E-state index is 12.2. The maximum absolute atomic E-state index is 12.2. The quantitative estimate of drug-likeness (QED) is 0.777. The second-order valence-electron chi connectivity index (χ2n) is 6.52. The molecule has 2 saturated carbocycles. The molecule has 0 bridgehead atoms. The minimum Gasteiger partial charge on any atom is -0.355 e. The average Bonchev–Trinajstić information content (AvgIpc) is 3.32. The van der Waals surface area contributed by atoms with E-state index in [-0.39, 0.29) is 24.8 Å². The van der Waals surface area contributed by atoms with Crippen molar-refractivity contribution in [3.05, 3.63) is 0 Å². The lowest BCUT2D eigenvalue weighted by atomic mass is 9.92. The first-order valence-corrected chi connectivity index (χ1v) is 7.98. The van der Waals surface area contributed by atoms with E-state index in [4.69, 9.17) is 0 Å². The van der Waals surface area contributed by atoms with Crippen LogP contribution in [0.25, 0.3) is 0 Å². The number of likely N-dealkylation sites (N-methyl/N-ethyl adjacent to an activating group) is 1. The molecule has 1 saturated heterocycles. The molecule has 1 aliphatic heterocycles. The van der Waals surface area contributed by atoms with Crippen molar-refractivity contribution >= 4 is 30.7 Å². The van der Waals surface area contributed by atoms with Crippen molar-refractivity contribution in [2.24, 2.45) is 11.3 Å². The van der Waals surface area contributed by atoms with E-state index >= 15 is 0 Å². The lowest BCUT2D eigenvalue weighted by molar-refractivity contribution is -0.123. The summed E-state index contributed by atoms with van der Waals surface area (Å²) in [6, 6.07) is 0.804. The number of rotatable bonds is 6. The van der Waals surface area contributed by atoms with Gasteiger partial charge in [0.1, 0.15) is 0 Å². The molecule has 1 heterocycles. The second-order valence-corrected chi connectivity index (χ2v) is 6.52. The van der Waals surface area contributed by atoms with Crippen molar-refractivity contribution in [1.29, 1.82) is 0 Å². The van der Waals surface area contributed by atoms with Crippen LogP contribution in [-0.2, 0) is 4.79 Å². The van der Waals surface area contributed by atoms with Crippen molar-refractivity contribution in [1.82, 2.24) is 15.5 Å². The molecular formula is C15H29Cl2N3O. The van der Waals surface area contributed by atoms with Crippen LogP contribution < -0.4 is 10.6 Å². The van der Waals surface area contributed by atoms with E-state index in [1.165, 1.54) is 25.7 Å². The molecule has 6 heteroatoms. The number of carbonyl (C=O) groups excluding carboxylic acids is 1. The molecule has 21 heavy (non-hydrogen) atoms. The zero-order valence-corrected chi connectivity index (χ0v) is 14.5. The van der Waals surface area contributed by atoms with Gasteiger partial charge >= 0.3 is 0 Å². The summed E-state index contributed by atoms with van der Waals surface area (Å²) in [5.74, 6) is 0.624. The SMILES string of the molecule is CCN(CCNC(=O)C1CC12CCNCC2)C1CC1.Cl.Cl. The Hall–Kier alpha value is -0.0300. The summed E-state index contributed by atoms with van der Waals surface area (Å²) in [7, 11) is 0.